The third-order valence-electron chi connectivity index (χ3n) is 3.77. The molecule has 0 atom stereocenters. The number of nitrogens with zero attached hydrogens (tertiary/aromatic N) is 1. The van der Waals surface area contributed by atoms with Gasteiger partial charge in [0.1, 0.15) is 0 Å². The molecule has 0 N–H and O–H groups in total. The van der Waals surface area contributed by atoms with Crippen LogP contribution in [0.5, 0.6) is 0 Å². The summed E-state index contributed by atoms with van der Waals surface area (Å²) in [6, 6.07) is 5.32. The summed E-state index contributed by atoms with van der Waals surface area (Å²) in [5.41, 5.74) is 1.13. The lowest BCUT2D eigenvalue weighted by Gasteiger charge is -2.32. The van der Waals surface area contributed by atoms with Crippen LogP contribution in [-0.4, -0.2) is 18.1 Å². The lowest BCUT2D eigenvalue weighted by atomic mass is 9.89. The van der Waals surface area contributed by atoms with E-state index in [4.69, 9.17) is 4.74 Å². The van der Waals surface area contributed by atoms with Crippen LogP contribution in [0.15, 0.2) is 18.2 Å². The number of carbonyl (C=O) groups excluding carboxylic acids is 1. The molecule has 0 fully saturated rings. The zero-order valence-electron chi connectivity index (χ0n) is 11.4. The highest BCUT2D eigenvalue weighted by Crippen LogP contribution is 2.48. The van der Waals surface area contributed by atoms with Gasteiger partial charge >= 0.3 is 5.97 Å². The molecule has 4 heteroatoms. The molecular formula is C14H18NO3. The second-order valence-electron chi connectivity index (χ2n) is 5.66. The van der Waals surface area contributed by atoms with Gasteiger partial charge in [0, 0.05) is 0 Å². The fraction of sp³-hybridized carbons (Fsp3) is 0.500. The largest absolute Gasteiger partial charge is 0.465 e. The van der Waals surface area contributed by atoms with Gasteiger partial charge in [0.2, 0.25) is 0 Å². The van der Waals surface area contributed by atoms with E-state index in [1.807, 2.05) is 33.8 Å². The molecule has 97 valence electrons. The molecule has 1 aliphatic heterocycles. The Bertz CT molecular complexity index is 506. The van der Waals surface area contributed by atoms with Crippen LogP contribution in [0.3, 0.4) is 0 Å². The first kappa shape index (κ1) is 13.1. The van der Waals surface area contributed by atoms with E-state index in [-0.39, 0.29) is 5.97 Å². The maximum Gasteiger partial charge on any atom is 0.337 e. The van der Waals surface area contributed by atoms with Crippen LogP contribution in [0.25, 0.3) is 0 Å². The summed E-state index contributed by atoms with van der Waals surface area (Å²) in [7, 11) is 1.35. The molecule has 1 heterocycles. The molecule has 4 nitrogen and oxygen atoms in total. The van der Waals surface area contributed by atoms with Crippen LogP contribution in [-0.2, 0) is 21.0 Å². The van der Waals surface area contributed by atoms with E-state index < -0.39 is 11.1 Å². The number of methoxy groups -OCH3 is 1. The van der Waals surface area contributed by atoms with E-state index >= 15 is 0 Å². The van der Waals surface area contributed by atoms with Crippen molar-refractivity contribution in [3.63, 3.8) is 0 Å². The topological polar surface area (TPSA) is 49.4 Å². The fourth-order valence-electron chi connectivity index (χ4n) is 2.75. The predicted octanol–water partition coefficient (Wildman–Crippen LogP) is 2.60. The Morgan fingerprint density at radius 1 is 1.11 bits per heavy atom. The standard InChI is InChI=1S/C14H18NO3/c1-13(2)10-7-6-9(12(16)18-5)8-11(10)14(3,4)15(13)17/h6-8H,1-5H3. The Kier molecular flexibility index (Phi) is 2.76. The van der Waals surface area contributed by atoms with Crippen molar-refractivity contribution in [2.24, 2.45) is 0 Å². The van der Waals surface area contributed by atoms with E-state index in [0.29, 0.717) is 5.56 Å². The number of hydrogen-bond acceptors (Lipinski definition) is 3. The maximum atomic E-state index is 12.4. The summed E-state index contributed by atoms with van der Waals surface area (Å²) in [6.07, 6.45) is 0. The Morgan fingerprint density at radius 3 is 2.22 bits per heavy atom. The monoisotopic (exact) mass is 248 g/mol. The lowest BCUT2D eigenvalue weighted by Crippen LogP contribution is -2.41. The van der Waals surface area contributed by atoms with Crippen molar-refractivity contribution in [3.05, 3.63) is 34.9 Å². The average Bonchev–Trinajstić information content (AvgIpc) is 2.47. The van der Waals surface area contributed by atoms with E-state index in [2.05, 4.69) is 0 Å². The van der Waals surface area contributed by atoms with Crippen molar-refractivity contribution in [1.29, 1.82) is 0 Å². The van der Waals surface area contributed by atoms with Gasteiger partial charge < -0.3 is 4.74 Å². The highest BCUT2D eigenvalue weighted by molar-refractivity contribution is 5.89. The zero-order valence-corrected chi connectivity index (χ0v) is 11.4. The summed E-state index contributed by atoms with van der Waals surface area (Å²) < 4.78 is 4.71. The molecule has 1 aromatic rings. The molecule has 0 aliphatic carbocycles. The average molecular weight is 248 g/mol. The molecule has 0 saturated carbocycles. The quantitative estimate of drug-likeness (QED) is 0.718. The van der Waals surface area contributed by atoms with E-state index in [9.17, 15) is 10.0 Å². The Labute approximate surface area is 107 Å². The normalized spacial score (nSPS) is 20.6. The highest BCUT2D eigenvalue weighted by atomic mass is 16.5. The van der Waals surface area contributed by atoms with Crippen molar-refractivity contribution in [2.75, 3.05) is 7.11 Å². The predicted molar refractivity (Wildman–Crippen MR) is 66.4 cm³/mol. The Balaban J connectivity index is 2.62. The van der Waals surface area contributed by atoms with Gasteiger partial charge in [-0.25, -0.2) is 4.79 Å². The van der Waals surface area contributed by atoms with Crippen LogP contribution >= 0.6 is 0 Å². The van der Waals surface area contributed by atoms with Gasteiger partial charge in [0.05, 0.1) is 23.8 Å². The maximum absolute atomic E-state index is 12.4. The van der Waals surface area contributed by atoms with Crippen LogP contribution in [0, 0.1) is 0 Å². The van der Waals surface area contributed by atoms with Crippen molar-refractivity contribution < 1.29 is 14.7 Å². The van der Waals surface area contributed by atoms with Crippen LogP contribution in [0.4, 0.5) is 0 Å². The molecular weight excluding hydrogens is 230 g/mol. The number of carbonyl (C=O) groups is 1. The summed E-state index contributed by atoms with van der Waals surface area (Å²) in [5, 5.41) is 13.4. The number of hydroxylamine groups is 2. The van der Waals surface area contributed by atoms with Crippen molar-refractivity contribution in [1.82, 2.24) is 5.06 Å². The molecule has 18 heavy (non-hydrogen) atoms. The number of esters is 1. The molecule has 0 aromatic heterocycles. The summed E-state index contributed by atoms with van der Waals surface area (Å²) in [6.45, 7) is 7.53. The third kappa shape index (κ3) is 1.56. The fourth-order valence-corrected chi connectivity index (χ4v) is 2.75. The van der Waals surface area contributed by atoms with Crippen LogP contribution in [0.2, 0.25) is 0 Å². The van der Waals surface area contributed by atoms with Crippen molar-refractivity contribution >= 4 is 5.97 Å². The zero-order chi connectivity index (χ0) is 13.7. The number of fused-ring (bicyclic) bond motifs is 1. The number of rotatable bonds is 1. The summed E-state index contributed by atoms with van der Waals surface area (Å²) in [5.74, 6) is -0.379. The molecule has 0 saturated heterocycles. The van der Waals surface area contributed by atoms with Gasteiger partial charge in [-0.3, -0.25) is 0 Å². The van der Waals surface area contributed by atoms with Crippen molar-refractivity contribution in [2.45, 2.75) is 38.8 Å². The summed E-state index contributed by atoms with van der Waals surface area (Å²) in [4.78, 5) is 11.6. The molecule has 1 aromatic carbocycles. The molecule has 2 rings (SSSR count). The second kappa shape index (κ2) is 3.80. The van der Waals surface area contributed by atoms with Gasteiger partial charge in [0.25, 0.3) is 0 Å². The number of hydrogen-bond donors (Lipinski definition) is 0. The van der Waals surface area contributed by atoms with E-state index in [1.165, 1.54) is 7.11 Å². The first-order valence-electron chi connectivity index (χ1n) is 5.93. The first-order chi connectivity index (χ1) is 8.22. The molecule has 0 spiro atoms. The van der Waals surface area contributed by atoms with E-state index in [0.717, 1.165) is 16.2 Å². The summed E-state index contributed by atoms with van der Waals surface area (Å²) >= 11 is 0. The van der Waals surface area contributed by atoms with Gasteiger partial charge in [-0.05, 0) is 51.0 Å². The van der Waals surface area contributed by atoms with Gasteiger partial charge in [0.15, 0.2) is 0 Å². The van der Waals surface area contributed by atoms with Crippen LogP contribution < -0.4 is 0 Å². The Hall–Kier alpha value is -1.39. The third-order valence-corrected chi connectivity index (χ3v) is 3.77. The molecule has 1 aliphatic rings. The SMILES string of the molecule is COC(=O)c1ccc2c(c1)C(C)(C)N([O])C2(C)C. The highest BCUT2D eigenvalue weighted by Gasteiger charge is 2.50. The first-order valence-corrected chi connectivity index (χ1v) is 5.93. The number of ether oxygens (including phenoxy) is 1. The smallest absolute Gasteiger partial charge is 0.337 e. The van der Waals surface area contributed by atoms with Gasteiger partial charge in [-0.15, -0.1) is 10.3 Å². The molecule has 0 bridgehead atoms. The minimum atomic E-state index is -0.636. The molecule has 1 radical (unpaired) electrons. The lowest BCUT2D eigenvalue weighted by molar-refractivity contribution is -0.266. The van der Waals surface area contributed by atoms with Gasteiger partial charge in [-0.1, -0.05) is 6.07 Å². The molecule has 0 amide bonds. The Morgan fingerprint density at radius 2 is 1.67 bits per heavy atom. The second-order valence-corrected chi connectivity index (χ2v) is 5.66. The van der Waals surface area contributed by atoms with Crippen molar-refractivity contribution in [3.8, 4) is 0 Å². The minimum Gasteiger partial charge on any atom is -0.465 e. The number of benzene rings is 1. The molecule has 0 unspecified atom stereocenters. The van der Waals surface area contributed by atoms with Crippen LogP contribution in [0.1, 0.15) is 49.2 Å². The minimum absolute atomic E-state index is 0.379. The van der Waals surface area contributed by atoms with Gasteiger partial charge in [-0.2, -0.15) is 0 Å². The van der Waals surface area contributed by atoms with E-state index in [1.54, 1.807) is 12.1 Å².